The summed E-state index contributed by atoms with van der Waals surface area (Å²) in [7, 11) is -3.15. The smallest absolute Gasteiger partial charge is 0.244 e. The molecule has 1 aromatic carbocycles. The van der Waals surface area contributed by atoms with Gasteiger partial charge in [-0.2, -0.15) is 0 Å². The number of hydrogen-bond acceptors (Lipinski definition) is 4. The first kappa shape index (κ1) is 18.4. The largest absolute Gasteiger partial charge is 0.324 e. The zero-order chi connectivity index (χ0) is 17.9. The van der Waals surface area contributed by atoms with Gasteiger partial charge in [-0.3, -0.25) is 4.79 Å². The van der Waals surface area contributed by atoms with E-state index < -0.39 is 15.4 Å². The molecule has 2 saturated carbocycles. The van der Waals surface area contributed by atoms with E-state index in [1.165, 1.54) is 0 Å². The minimum atomic E-state index is -3.15. The van der Waals surface area contributed by atoms with Gasteiger partial charge in [0, 0.05) is 5.69 Å². The molecule has 2 aliphatic carbocycles. The van der Waals surface area contributed by atoms with Crippen LogP contribution in [0, 0.1) is 0 Å². The Bertz CT molecular complexity index is 718. The van der Waals surface area contributed by atoms with E-state index in [0.717, 1.165) is 50.5 Å². The van der Waals surface area contributed by atoms with Crippen molar-refractivity contribution in [3.63, 3.8) is 0 Å². The average Bonchev–Trinajstić information content (AvgIpc) is 3.04. The second-order valence-electron chi connectivity index (χ2n) is 7.58. The lowest BCUT2D eigenvalue weighted by Crippen LogP contribution is -2.48. The number of anilines is 1. The van der Waals surface area contributed by atoms with Crippen molar-refractivity contribution < 1.29 is 13.2 Å². The minimum absolute atomic E-state index is 0.0369. The molecule has 0 aromatic heterocycles. The fraction of sp³-hybridized carbons (Fsp3) is 0.632. The molecule has 0 bridgehead atoms. The number of hydrogen-bond donors (Lipinski definition) is 2. The zero-order valence-corrected chi connectivity index (χ0v) is 15.5. The normalized spacial score (nSPS) is 21.2. The first-order valence-electron chi connectivity index (χ1n) is 9.30. The number of nitrogens with one attached hydrogen (secondary N) is 1. The van der Waals surface area contributed by atoms with E-state index in [0.29, 0.717) is 18.5 Å². The van der Waals surface area contributed by atoms with Crippen molar-refractivity contribution in [2.75, 3.05) is 5.32 Å². The van der Waals surface area contributed by atoms with Crippen LogP contribution in [0.15, 0.2) is 24.3 Å². The molecule has 6 heteroatoms. The first-order valence-corrected chi connectivity index (χ1v) is 11.0. The van der Waals surface area contributed by atoms with E-state index in [2.05, 4.69) is 5.32 Å². The predicted molar refractivity (Wildman–Crippen MR) is 100.0 cm³/mol. The molecule has 2 aliphatic rings. The van der Waals surface area contributed by atoms with E-state index in [1.807, 2.05) is 6.07 Å². The lowest BCUT2D eigenvalue weighted by molar-refractivity contribution is -0.121. The van der Waals surface area contributed by atoms with Crippen LogP contribution >= 0.6 is 0 Å². The van der Waals surface area contributed by atoms with Gasteiger partial charge in [0.05, 0.1) is 16.5 Å². The quantitative estimate of drug-likeness (QED) is 0.840. The third kappa shape index (κ3) is 4.42. The molecule has 138 valence electrons. The minimum Gasteiger partial charge on any atom is -0.324 e. The second-order valence-corrected chi connectivity index (χ2v) is 9.87. The number of amides is 1. The van der Waals surface area contributed by atoms with Crippen LogP contribution in [-0.2, 0) is 20.4 Å². The van der Waals surface area contributed by atoms with Crippen LogP contribution in [0.4, 0.5) is 5.69 Å². The van der Waals surface area contributed by atoms with Gasteiger partial charge in [0.1, 0.15) is 0 Å². The maximum Gasteiger partial charge on any atom is 0.244 e. The first-order chi connectivity index (χ1) is 11.9. The van der Waals surface area contributed by atoms with Crippen LogP contribution < -0.4 is 11.1 Å². The van der Waals surface area contributed by atoms with Crippen molar-refractivity contribution in [3.8, 4) is 0 Å². The van der Waals surface area contributed by atoms with Crippen molar-refractivity contribution in [2.24, 2.45) is 5.73 Å². The van der Waals surface area contributed by atoms with E-state index in [-0.39, 0.29) is 16.9 Å². The molecule has 0 atom stereocenters. The van der Waals surface area contributed by atoms with Gasteiger partial charge in [0.2, 0.25) is 5.91 Å². The van der Waals surface area contributed by atoms with Crippen LogP contribution in [0.3, 0.4) is 0 Å². The summed E-state index contributed by atoms with van der Waals surface area (Å²) in [5.74, 6) is -0.132. The molecule has 1 amide bonds. The van der Waals surface area contributed by atoms with Crippen molar-refractivity contribution in [3.05, 3.63) is 29.8 Å². The summed E-state index contributed by atoms with van der Waals surface area (Å²) < 4.78 is 25.3. The average molecular weight is 365 g/mol. The van der Waals surface area contributed by atoms with E-state index in [1.54, 1.807) is 18.2 Å². The molecule has 0 aliphatic heterocycles. The van der Waals surface area contributed by atoms with Crippen molar-refractivity contribution in [1.29, 1.82) is 0 Å². The molecule has 0 spiro atoms. The fourth-order valence-corrected chi connectivity index (χ4v) is 5.93. The van der Waals surface area contributed by atoms with Crippen LogP contribution in [0.2, 0.25) is 0 Å². The van der Waals surface area contributed by atoms with Gasteiger partial charge in [-0.25, -0.2) is 8.42 Å². The maximum atomic E-state index is 12.6. The van der Waals surface area contributed by atoms with Crippen molar-refractivity contribution in [1.82, 2.24) is 0 Å². The van der Waals surface area contributed by atoms with Gasteiger partial charge in [-0.05, 0) is 43.4 Å². The third-order valence-electron chi connectivity index (χ3n) is 5.56. The summed E-state index contributed by atoms with van der Waals surface area (Å²) in [4.78, 5) is 12.4. The van der Waals surface area contributed by atoms with Gasteiger partial charge >= 0.3 is 0 Å². The summed E-state index contributed by atoms with van der Waals surface area (Å²) >= 11 is 0. The van der Waals surface area contributed by atoms with E-state index in [4.69, 9.17) is 5.73 Å². The summed E-state index contributed by atoms with van der Waals surface area (Å²) in [6.45, 7) is 0. The SMILES string of the molecule is NC1(C(=O)Nc2cccc(CS(=O)(=O)C3CCCCC3)c2)CCCC1. The molecule has 0 unspecified atom stereocenters. The van der Waals surface area contributed by atoms with Gasteiger partial charge in [-0.15, -0.1) is 0 Å². The Morgan fingerprint density at radius 1 is 1.12 bits per heavy atom. The fourth-order valence-electron chi connectivity index (χ4n) is 4.00. The number of nitrogens with two attached hydrogens (primary N) is 1. The van der Waals surface area contributed by atoms with Crippen molar-refractivity contribution in [2.45, 2.75) is 74.3 Å². The summed E-state index contributed by atoms with van der Waals surface area (Å²) in [6, 6.07) is 7.15. The van der Waals surface area contributed by atoms with Gasteiger partial charge in [0.15, 0.2) is 9.84 Å². The standard InChI is InChI=1S/C19H28N2O3S/c20-19(11-4-5-12-19)18(22)21-16-8-6-7-15(13-16)14-25(23,24)17-9-2-1-3-10-17/h6-8,13,17H,1-5,9-12,14,20H2,(H,21,22). The van der Waals surface area contributed by atoms with E-state index in [9.17, 15) is 13.2 Å². The number of sulfone groups is 1. The zero-order valence-electron chi connectivity index (χ0n) is 14.7. The number of carbonyl (C=O) groups excluding carboxylic acids is 1. The summed E-state index contributed by atoms with van der Waals surface area (Å²) in [6.07, 6.45) is 8.03. The molecule has 3 rings (SSSR count). The third-order valence-corrected chi connectivity index (χ3v) is 7.78. The van der Waals surface area contributed by atoms with Gasteiger partial charge in [-0.1, -0.05) is 44.2 Å². The van der Waals surface area contributed by atoms with Crippen LogP contribution in [0.1, 0.15) is 63.4 Å². The van der Waals surface area contributed by atoms with Gasteiger partial charge in [0.25, 0.3) is 0 Å². The Labute approximate surface area is 150 Å². The maximum absolute atomic E-state index is 12.6. The second kappa shape index (κ2) is 7.46. The molecule has 5 nitrogen and oxygen atoms in total. The molecular formula is C19H28N2O3S. The number of rotatable bonds is 5. The van der Waals surface area contributed by atoms with E-state index >= 15 is 0 Å². The Balaban J connectivity index is 1.68. The predicted octanol–water partition coefficient (Wildman–Crippen LogP) is 3.14. The molecular weight excluding hydrogens is 336 g/mol. The number of carbonyl (C=O) groups is 1. The highest BCUT2D eigenvalue weighted by Gasteiger charge is 2.37. The number of benzene rings is 1. The molecule has 0 saturated heterocycles. The highest BCUT2D eigenvalue weighted by Crippen LogP contribution is 2.29. The lowest BCUT2D eigenvalue weighted by atomic mass is 9.98. The van der Waals surface area contributed by atoms with Crippen LogP contribution in [0.25, 0.3) is 0 Å². The Morgan fingerprint density at radius 2 is 1.80 bits per heavy atom. The topological polar surface area (TPSA) is 89.3 Å². The monoisotopic (exact) mass is 364 g/mol. The molecule has 25 heavy (non-hydrogen) atoms. The highest BCUT2D eigenvalue weighted by molar-refractivity contribution is 7.91. The van der Waals surface area contributed by atoms with Crippen LogP contribution in [-0.4, -0.2) is 25.1 Å². The lowest BCUT2D eigenvalue weighted by Gasteiger charge is -2.23. The Morgan fingerprint density at radius 3 is 2.48 bits per heavy atom. The Hall–Kier alpha value is -1.40. The Kier molecular flexibility index (Phi) is 5.49. The summed E-state index contributed by atoms with van der Waals surface area (Å²) in [5, 5.41) is 2.65. The van der Waals surface area contributed by atoms with Crippen molar-refractivity contribution >= 4 is 21.4 Å². The van der Waals surface area contributed by atoms with Gasteiger partial charge < -0.3 is 11.1 Å². The molecule has 1 aromatic rings. The molecule has 0 heterocycles. The molecule has 3 N–H and O–H groups in total. The van der Waals surface area contributed by atoms with Crippen LogP contribution in [0.5, 0.6) is 0 Å². The highest BCUT2D eigenvalue weighted by atomic mass is 32.2. The summed E-state index contributed by atoms with van der Waals surface area (Å²) in [5.41, 5.74) is 6.74. The molecule has 2 fully saturated rings. The molecule has 0 radical (unpaired) electrons.